The van der Waals surface area contributed by atoms with E-state index in [9.17, 15) is 21.6 Å². The molecule has 2 rings (SSSR count). The molecule has 0 heterocycles. The van der Waals surface area contributed by atoms with Gasteiger partial charge in [0.05, 0.1) is 4.90 Å². The molecule has 3 N–H and O–H groups in total. The molecule has 0 amide bonds. The summed E-state index contributed by atoms with van der Waals surface area (Å²) in [6, 6.07) is 5.50. The second-order valence-corrected chi connectivity index (χ2v) is 7.33. The minimum atomic E-state index is -4.39. The number of benzene rings is 1. The predicted octanol–water partition coefficient (Wildman–Crippen LogP) is 1.74. The highest BCUT2D eigenvalue weighted by atomic mass is 32.2. The van der Waals surface area contributed by atoms with Gasteiger partial charge in [0.15, 0.2) is 5.11 Å². The molecule has 10 heteroatoms. The molecule has 128 valence electrons. The Morgan fingerprint density at radius 3 is 2.30 bits per heavy atom. The third-order valence-corrected chi connectivity index (χ3v) is 4.49. The Balaban J connectivity index is 2.10. The number of rotatable bonds is 5. The van der Waals surface area contributed by atoms with Crippen LogP contribution < -0.4 is 10.5 Å². The van der Waals surface area contributed by atoms with Crippen LogP contribution in [-0.2, 0) is 16.6 Å². The van der Waals surface area contributed by atoms with Crippen LogP contribution in [0.4, 0.5) is 13.2 Å². The van der Waals surface area contributed by atoms with Crippen LogP contribution in [0.2, 0.25) is 0 Å². The van der Waals surface area contributed by atoms with Crippen LogP contribution in [0, 0.1) is 0 Å². The van der Waals surface area contributed by atoms with E-state index in [2.05, 4.69) is 5.32 Å². The third-order valence-electron chi connectivity index (χ3n) is 3.19. The van der Waals surface area contributed by atoms with Crippen LogP contribution in [-0.4, -0.2) is 37.2 Å². The molecule has 0 spiro atoms. The Bertz CT molecular complexity index is 671. The number of sulfonamides is 1. The molecule has 23 heavy (non-hydrogen) atoms. The van der Waals surface area contributed by atoms with Crippen molar-refractivity contribution in [3.8, 4) is 0 Å². The molecule has 1 aromatic rings. The monoisotopic (exact) mass is 367 g/mol. The number of nitrogens with one attached hydrogen (secondary N) is 1. The standard InChI is InChI=1S/C13H16F3N3O2S2/c14-13(15,16)8-19(12(22)18-10-3-4-10)7-9-1-5-11(6-2-9)23(17,20)21/h1-2,5-6,10H,3-4,7-8H2,(H,18,22)(H2,17,20,21). The van der Waals surface area contributed by atoms with Crippen molar-refractivity contribution in [1.29, 1.82) is 0 Å². The van der Waals surface area contributed by atoms with Crippen molar-refractivity contribution < 1.29 is 21.6 Å². The maximum absolute atomic E-state index is 12.7. The minimum absolute atomic E-state index is 0.0420. The lowest BCUT2D eigenvalue weighted by atomic mass is 10.2. The molecule has 0 aromatic heterocycles. The Morgan fingerprint density at radius 1 is 1.30 bits per heavy atom. The molecule has 0 unspecified atom stereocenters. The van der Waals surface area contributed by atoms with Crippen molar-refractivity contribution in [2.45, 2.75) is 36.5 Å². The third kappa shape index (κ3) is 5.96. The van der Waals surface area contributed by atoms with Crippen molar-refractivity contribution in [2.75, 3.05) is 6.54 Å². The molecular formula is C13H16F3N3O2S2. The van der Waals surface area contributed by atoms with Crippen molar-refractivity contribution in [1.82, 2.24) is 10.2 Å². The highest BCUT2D eigenvalue weighted by molar-refractivity contribution is 7.89. The summed E-state index contributed by atoms with van der Waals surface area (Å²) < 4.78 is 60.5. The van der Waals surface area contributed by atoms with Crippen molar-refractivity contribution in [3.05, 3.63) is 29.8 Å². The molecule has 0 atom stereocenters. The molecule has 5 nitrogen and oxygen atoms in total. The average molecular weight is 367 g/mol. The van der Waals surface area contributed by atoms with Gasteiger partial charge < -0.3 is 10.2 Å². The van der Waals surface area contributed by atoms with Gasteiger partial charge in [0.2, 0.25) is 10.0 Å². The van der Waals surface area contributed by atoms with Crippen molar-refractivity contribution in [3.63, 3.8) is 0 Å². The summed E-state index contributed by atoms with van der Waals surface area (Å²) >= 11 is 5.04. The van der Waals surface area contributed by atoms with Gasteiger partial charge in [-0.2, -0.15) is 13.2 Å². The summed E-state index contributed by atoms with van der Waals surface area (Å²) in [5.41, 5.74) is 0.501. The second kappa shape index (κ2) is 6.62. The second-order valence-electron chi connectivity index (χ2n) is 5.38. The largest absolute Gasteiger partial charge is 0.406 e. The molecule has 1 fully saturated rings. The van der Waals surface area contributed by atoms with E-state index in [1.54, 1.807) is 0 Å². The van der Waals surface area contributed by atoms with Gasteiger partial charge in [-0.1, -0.05) is 12.1 Å². The van der Waals surface area contributed by atoms with E-state index in [0.717, 1.165) is 17.7 Å². The molecule has 1 aliphatic carbocycles. The zero-order valence-corrected chi connectivity index (χ0v) is 13.6. The summed E-state index contributed by atoms with van der Waals surface area (Å²) in [6.07, 6.45) is -2.61. The maximum Gasteiger partial charge on any atom is 0.406 e. The average Bonchev–Trinajstić information content (AvgIpc) is 3.20. The number of alkyl halides is 3. The summed E-state index contributed by atoms with van der Waals surface area (Å²) in [7, 11) is -3.83. The zero-order chi connectivity index (χ0) is 17.3. The number of primary sulfonamides is 1. The van der Waals surface area contributed by atoms with Gasteiger partial charge in [-0.3, -0.25) is 0 Å². The quantitative estimate of drug-likeness (QED) is 0.776. The summed E-state index contributed by atoms with van der Waals surface area (Å²) in [5.74, 6) is 0. The van der Waals surface area contributed by atoms with Gasteiger partial charge in [-0.25, -0.2) is 13.6 Å². The number of hydrogen-bond acceptors (Lipinski definition) is 3. The minimum Gasteiger partial charge on any atom is -0.360 e. The Kier molecular flexibility index (Phi) is 5.17. The number of nitrogens with zero attached hydrogens (tertiary/aromatic N) is 1. The number of nitrogens with two attached hydrogens (primary N) is 1. The van der Waals surface area contributed by atoms with E-state index < -0.39 is 22.7 Å². The van der Waals surface area contributed by atoms with Crippen LogP contribution >= 0.6 is 12.2 Å². The lowest BCUT2D eigenvalue weighted by Gasteiger charge is -2.27. The van der Waals surface area contributed by atoms with E-state index >= 15 is 0 Å². The smallest absolute Gasteiger partial charge is 0.360 e. The Labute approximate surface area is 137 Å². The first-order valence-corrected chi connectivity index (χ1v) is 8.74. The SMILES string of the molecule is NS(=O)(=O)c1ccc(CN(CC(F)(F)F)C(=S)NC2CC2)cc1. The normalized spacial score (nSPS) is 15.3. The molecule has 1 saturated carbocycles. The molecule has 1 aliphatic rings. The van der Waals surface area contributed by atoms with Gasteiger partial charge >= 0.3 is 6.18 Å². The van der Waals surface area contributed by atoms with E-state index in [0.29, 0.717) is 5.56 Å². The van der Waals surface area contributed by atoms with Crippen LogP contribution in [0.15, 0.2) is 29.2 Å². The number of thiocarbonyl (C=S) groups is 1. The Hall–Kier alpha value is -1.39. The first kappa shape index (κ1) is 18.0. The van der Waals surface area contributed by atoms with Crippen LogP contribution in [0.3, 0.4) is 0 Å². The summed E-state index contributed by atoms with van der Waals surface area (Å²) in [6.45, 7) is -1.26. The van der Waals surface area contributed by atoms with E-state index in [1.807, 2.05) is 0 Å². The van der Waals surface area contributed by atoms with Gasteiger partial charge in [-0.05, 0) is 42.8 Å². The highest BCUT2D eigenvalue weighted by Crippen LogP contribution is 2.22. The van der Waals surface area contributed by atoms with E-state index in [-0.39, 0.29) is 22.6 Å². The molecule has 0 aliphatic heterocycles. The van der Waals surface area contributed by atoms with Crippen LogP contribution in [0.1, 0.15) is 18.4 Å². The van der Waals surface area contributed by atoms with Gasteiger partial charge in [-0.15, -0.1) is 0 Å². The fourth-order valence-electron chi connectivity index (χ4n) is 1.91. The first-order chi connectivity index (χ1) is 10.5. The van der Waals surface area contributed by atoms with E-state index in [4.69, 9.17) is 17.4 Å². The predicted molar refractivity (Wildman–Crippen MR) is 83.0 cm³/mol. The molecular weight excluding hydrogens is 351 g/mol. The van der Waals surface area contributed by atoms with E-state index in [1.165, 1.54) is 24.3 Å². The van der Waals surface area contributed by atoms with Gasteiger partial charge in [0.1, 0.15) is 6.54 Å². The molecule has 0 radical (unpaired) electrons. The van der Waals surface area contributed by atoms with Crippen molar-refractivity contribution >= 4 is 27.4 Å². The topological polar surface area (TPSA) is 75.4 Å². The summed E-state index contributed by atoms with van der Waals surface area (Å²) in [5, 5.41) is 7.90. The lowest BCUT2D eigenvalue weighted by molar-refractivity contribution is -0.138. The number of hydrogen-bond donors (Lipinski definition) is 2. The van der Waals surface area contributed by atoms with Crippen LogP contribution in [0.5, 0.6) is 0 Å². The zero-order valence-electron chi connectivity index (χ0n) is 12.0. The first-order valence-electron chi connectivity index (χ1n) is 6.78. The fraction of sp³-hybridized carbons (Fsp3) is 0.462. The van der Waals surface area contributed by atoms with Crippen molar-refractivity contribution in [2.24, 2.45) is 5.14 Å². The molecule has 0 saturated heterocycles. The lowest BCUT2D eigenvalue weighted by Crippen LogP contribution is -2.44. The fourth-order valence-corrected chi connectivity index (χ4v) is 2.73. The van der Waals surface area contributed by atoms with Gasteiger partial charge in [0.25, 0.3) is 0 Å². The molecule has 0 bridgehead atoms. The Morgan fingerprint density at radius 2 is 1.87 bits per heavy atom. The number of halogens is 3. The summed E-state index contributed by atoms with van der Waals surface area (Å²) in [4.78, 5) is 0.918. The highest BCUT2D eigenvalue weighted by Gasteiger charge is 2.33. The maximum atomic E-state index is 12.7. The van der Waals surface area contributed by atoms with Crippen LogP contribution in [0.25, 0.3) is 0 Å². The molecule has 1 aromatic carbocycles. The van der Waals surface area contributed by atoms with Gasteiger partial charge in [0, 0.05) is 12.6 Å².